The van der Waals surface area contributed by atoms with E-state index >= 15 is 0 Å². The normalized spacial score (nSPS) is 11.3. The van der Waals surface area contributed by atoms with Crippen molar-refractivity contribution in [2.75, 3.05) is 19.6 Å². The molecule has 0 aliphatic carbocycles. The Morgan fingerprint density at radius 2 is 2.04 bits per heavy atom. The molecule has 0 saturated carbocycles. The second-order valence-electron chi connectivity index (χ2n) is 6.67. The van der Waals surface area contributed by atoms with Gasteiger partial charge in [-0.05, 0) is 53.1 Å². The molecule has 23 heavy (non-hydrogen) atoms. The number of nitrogens with zero attached hydrogens (tertiary/aromatic N) is 1. The number of nitrogens with one attached hydrogen (secondary N) is 1. The van der Waals surface area contributed by atoms with Gasteiger partial charge in [0.15, 0.2) is 0 Å². The first-order valence-electron chi connectivity index (χ1n) is 8.20. The van der Waals surface area contributed by atoms with Crippen molar-refractivity contribution in [3.63, 3.8) is 0 Å². The van der Waals surface area contributed by atoms with Gasteiger partial charge in [-0.15, -0.1) is 0 Å². The van der Waals surface area contributed by atoms with E-state index in [1.165, 1.54) is 0 Å². The fraction of sp³-hybridized carbons (Fsp3) is 0.611. The maximum atomic E-state index is 12.0. The van der Waals surface area contributed by atoms with Crippen LogP contribution in [0.5, 0.6) is 5.75 Å². The number of phenols is 1. The van der Waals surface area contributed by atoms with Crippen LogP contribution in [0.1, 0.15) is 45.2 Å². The van der Waals surface area contributed by atoms with Gasteiger partial charge in [-0.3, -0.25) is 0 Å². The van der Waals surface area contributed by atoms with E-state index in [0.29, 0.717) is 25.4 Å². The van der Waals surface area contributed by atoms with E-state index in [9.17, 15) is 9.90 Å². The molecule has 0 heterocycles. The first-order valence-corrected chi connectivity index (χ1v) is 8.20. The summed E-state index contributed by atoms with van der Waals surface area (Å²) in [5.74, 6) is 0.351. The summed E-state index contributed by atoms with van der Waals surface area (Å²) < 4.78 is 5.38. The summed E-state index contributed by atoms with van der Waals surface area (Å²) in [5, 5.41) is 13.2. The molecule has 0 saturated heterocycles. The van der Waals surface area contributed by atoms with Crippen LogP contribution in [-0.2, 0) is 11.3 Å². The Bertz CT molecular complexity index is 509. The lowest BCUT2D eigenvalue weighted by Crippen LogP contribution is -2.38. The molecule has 2 N–H and O–H groups in total. The molecule has 1 amide bonds. The van der Waals surface area contributed by atoms with E-state index in [-0.39, 0.29) is 6.09 Å². The van der Waals surface area contributed by atoms with Gasteiger partial charge in [-0.1, -0.05) is 18.2 Å². The van der Waals surface area contributed by atoms with E-state index in [2.05, 4.69) is 5.32 Å². The number of phenolic OH excluding ortho intramolecular Hbond substituents is 1. The van der Waals surface area contributed by atoms with Crippen molar-refractivity contribution in [1.82, 2.24) is 10.2 Å². The van der Waals surface area contributed by atoms with Gasteiger partial charge in [0.1, 0.15) is 11.4 Å². The van der Waals surface area contributed by atoms with Gasteiger partial charge in [0.05, 0.1) is 0 Å². The average Bonchev–Trinajstić information content (AvgIpc) is 2.45. The molecule has 1 aromatic carbocycles. The molecule has 1 rings (SSSR count). The highest BCUT2D eigenvalue weighted by Gasteiger charge is 2.20. The van der Waals surface area contributed by atoms with Crippen LogP contribution in [0.15, 0.2) is 18.2 Å². The Balaban J connectivity index is 2.32. The highest BCUT2D eigenvalue weighted by atomic mass is 16.6. The summed E-state index contributed by atoms with van der Waals surface area (Å²) in [7, 11) is 0. The Labute approximate surface area is 139 Å². The average molecular weight is 322 g/mol. The molecule has 1 aromatic rings. The number of ether oxygens (including phenoxy) is 1. The quantitative estimate of drug-likeness (QED) is 0.755. The molecule has 130 valence electrons. The molecule has 0 atom stereocenters. The van der Waals surface area contributed by atoms with Crippen LogP contribution < -0.4 is 5.32 Å². The van der Waals surface area contributed by atoms with Gasteiger partial charge in [0.2, 0.25) is 0 Å². The van der Waals surface area contributed by atoms with Crippen molar-refractivity contribution in [2.24, 2.45) is 0 Å². The van der Waals surface area contributed by atoms with Crippen LogP contribution in [0, 0.1) is 6.92 Å². The summed E-state index contributed by atoms with van der Waals surface area (Å²) in [6.45, 7) is 12.1. The summed E-state index contributed by atoms with van der Waals surface area (Å²) in [4.78, 5) is 13.7. The molecule has 0 radical (unpaired) electrons. The monoisotopic (exact) mass is 322 g/mol. The Morgan fingerprint density at radius 3 is 2.65 bits per heavy atom. The van der Waals surface area contributed by atoms with Crippen molar-refractivity contribution in [2.45, 2.75) is 53.2 Å². The third-order valence-electron chi connectivity index (χ3n) is 3.45. The minimum atomic E-state index is -0.467. The summed E-state index contributed by atoms with van der Waals surface area (Å²) >= 11 is 0. The van der Waals surface area contributed by atoms with Crippen molar-refractivity contribution < 1.29 is 14.6 Å². The van der Waals surface area contributed by atoms with Gasteiger partial charge >= 0.3 is 6.09 Å². The summed E-state index contributed by atoms with van der Waals surface area (Å²) in [6, 6.07) is 5.74. The first kappa shape index (κ1) is 19.3. The molecular weight excluding hydrogens is 292 g/mol. The van der Waals surface area contributed by atoms with E-state index in [4.69, 9.17) is 4.74 Å². The van der Waals surface area contributed by atoms with Crippen molar-refractivity contribution in [1.29, 1.82) is 0 Å². The highest BCUT2D eigenvalue weighted by Crippen LogP contribution is 2.20. The van der Waals surface area contributed by atoms with E-state index < -0.39 is 5.60 Å². The van der Waals surface area contributed by atoms with Crippen molar-refractivity contribution in [3.05, 3.63) is 29.3 Å². The lowest BCUT2D eigenvalue weighted by atomic mass is 10.1. The minimum Gasteiger partial charge on any atom is -0.507 e. The standard InChI is InChI=1S/C18H30N2O3/c1-6-20(17(22)23-18(3,4)5)12-8-11-19-13-15-10-7-9-14(2)16(15)21/h7,9-10,19,21H,6,8,11-13H2,1-5H3. The zero-order valence-corrected chi connectivity index (χ0v) is 15.0. The first-order chi connectivity index (χ1) is 10.7. The molecule has 5 nitrogen and oxygen atoms in total. The third kappa shape index (κ3) is 6.91. The lowest BCUT2D eigenvalue weighted by molar-refractivity contribution is 0.0258. The second kappa shape index (κ2) is 8.77. The number of carbonyl (C=O) groups excluding carboxylic acids is 1. The van der Waals surface area contributed by atoms with Crippen LogP contribution >= 0.6 is 0 Å². The molecule has 0 spiro atoms. The molecule has 0 bridgehead atoms. The Hall–Kier alpha value is -1.75. The number of hydrogen-bond acceptors (Lipinski definition) is 4. The van der Waals surface area contributed by atoms with E-state index in [0.717, 1.165) is 24.1 Å². The molecule has 0 aromatic heterocycles. The van der Waals surface area contributed by atoms with E-state index in [1.807, 2.05) is 52.8 Å². The second-order valence-corrected chi connectivity index (χ2v) is 6.67. The number of aryl methyl sites for hydroxylation is 1. The number of carbonyl (C=O) groups is 1. The van der Waals surface area contributed by atoms with Gasteiger partial charge in [-0.25, -0.2) is 4.79 Å². The molecule has 0 fully saturated rings. The molecule has 0 unspecified atom stereocenters. The van der Waals surface area contributed by atoms with Crippen LogP contribution in [0.2, 0.25) is 0 Å². The number of hydrogen-bond donors (Lipinski definition) is 2. The van der Waals surface area contributed by atoms with Crippen molar-refractivity contribution >= 4 is 6.09 Å². The van der Waals surface area contributed by atoms with Crippen LogP contribution in [0.3, 0.4) is 0 Å². The number of amides is 1. The largest absolute Gasteiger partial charge is 0.507 e. The molecule has 0 aliphatic heterocycles. The van der Waals surface area contributed by atoms with Gasteiger partial charge < -0.3 is 20.1 Å². The fourth-order valence-electron chi connectivity index (χ4n) is 2.19. The topological polar surface area (TPSA) is 61.8 Å². The third-order valence-corrected chi connectivity index (χ3v) is 3.45. The summed E-state index contributed by atoms with van der Waals surface area (Å²) in [6.07, 6.45) is 0.566. The van der Waals surface area contributed by atoms with Gasteiger partial charge in [-0.2, -0.15) is 0 Å². The zero-order valence-electron chi connectivity index (χ0n) is 15.0. The number of benzene rings is 1. The van der Waals surface area contributed by atoms with Crippen LogP contribution in [-0.4, -0.2) is 41.3 Å². The predicted octanol–water partition coefficient (Wildman–Crippen LogP) is 3.44. The molecule has 0 aliphatic rings. The van der Waals surface area contributed by atoms with Gasteiger partial charge in [0, 0.05) is 25.2 Å². The SMILES string of the molecule is CCN(CCCNCc1cccc(C)c1O)C(=O)OC(C)(C)C. The maximum absolute atomic E-state index is 12.0. The number of aromatic hydroxyl groups is 1. The Morgan fingerprint density at radius 1 is 1.35 bits per heavy atom. The zero-order chi connectivity index (χ0) is 17.5. The lowest BCUT2D eigenvalue weighted by Gasteiger charge is -2.26. The van der Waals surface area contributed by atoms with Gasteiger partial charge in [0.25, 0.3) is 0 Å². The predicted molar refractivity (Wildman–Crippen MR) is 92.6 cm³/mol. The highest BCUT2D eigenvalue weighted by molar-refractivity contribution is 5.68. The number of para-hydroxylation sites is 1. The number of rotatable bonds is 7. The van der Waals surface area contributed by atoms with Crippen molar-refractivity contribution in [3.8, 4) is 5.75 Å². The fourth-order valence-corrected chi connectivity index (χ4v) is 2.19. The minimum absolute atomic E-state index is 0.267. The van der Waals surface area contributed by atoms with Crippen LogP contribution in [0.25, 0.3) is 0 Å². The smallest absolute Gasteiger partial charge is 0.410 e. The molecular formula is C18H30N2O3. The molecule has 5 heteroatoms. The van der Waals surface area contributed by atoms with Crippen LogP contribution in [0.4, 0.5) is 4.79 Å². The van der Waals surface area contributed by atoms with E-state index in [1.54, 1.807) is 4.90 Å². The maximum Gasteiger partial charge on any atom is 0.410 e. The Kier molecular flexibility index (Phi) is 7.36. The summed E-state index contributed by atoms with van der Waals surface area (Å²) in [5.41, 5.74) is 1.31.